The number of hydrogen-bond donors (Lipinski definition) is 3. The zero-order valence-corrected chi connectivity index (χ0v) is 16.0. The van der Waals surface area contributed by atoms with E-state index in [1.165, 1.54) is 0 Å². The van der Waals surface area contributed by atoms with Crippen LogP contribution in [-0.4, -0.2) is 16.9 Å². The van der Waals surface area contributed by atoms with Gasteiger partial charge in [-0.05, 0) is 54.9 Å². The third-order valence-electron chi connectivity index (χ3n) is 4.04. The van der Waals surface area contributed by atoms with Gasteiger partial charge in [-0.25, -0.2) is 0 Å². The summed E-state index contributed by atoms with van der Waals surface area (Å²) >= 11 is 5.24. The van der Waals surface area contributed by atoms with E-state index < -0.39 is 0 Å². The first-order valence-corrected chi connectivity index (χ1v) is 8.86. The third-order valence-corrected chi connectivity index (χ3v) is 4.25. The van der Waals surface area contributed by atoms with Crippen LogP contribution in [0.3, 0.4) is 0 Å². The van der Waals surface area contributed by atoms with Crippen molar-refractivity contribution in [3.63, 3.8) is 0 Å². The normalized spacial score (nSPS) is 10.1. The minimum absolute atomic E-state index is 0.0561. The van der Waals surface area contributed by atoms with E-state index in [1.54, 1.807) is 6.92 Å². The van der Waals surface area contributed by atoms with Gasteiger partial charge in [-0.2, -0.15) is 0 Å². The topological polar surface area (TPSA) is 70.2 Å². The zero-order chi connectivity index (χ0) is 19.1. The van der Waals surface area contributed by atoms with Gasteiger partial charge >= 0.3 is 0 Å². The van der Waals surface area contributed by atoms with Crippen molar-refractivity contribution >= 4 is 40.5 Å². The Bertz CT molecular complexity index is 834. The summed E-state index contributed by atoms with van der Waals surface area (Å²) in [6.45, 7) is 5.65. The molecule has 0 heterocycles. The average molecular weight is 369 g/mol. The number of carbonyl (C=O) groups excluding carboxylic acids is 2. The number of hydrogen-bond acceptors (Lipinski definition) is 3. The molecule has 136 valence electrons. The van der Waals surface area contributed by atoms with Crippen LogP contribution < -0.4 is 16.0 Å². The Balaban J connectivity index is 1.99. The fourth-order valence-electron chi connectivity index (χ4n) is 2.45. The molecule has 0 saturated carbocycles. The highest BCUT2D eigenvalue weighted by atomic mass is 32.1. The summed E-state index contributed by atoms with van der Waals surface area (Å²) in [7, 11) is 0. The van der Waals surface area contributed by atoms with Crippen molar-refractivity contribution in [3.8, 4) is 0 Å². The van der Waals surface area contributed by atoms with Gasteiger partial charge in [-0.15, -0.1) is 0 Å². The first-order valence-electron chi connectivity index (χ1n) is 8.45. The van der Waals surface area contributed by atoms with Crippen LogP contribution in [0.1, 0.15) is 30.0 Å². The van der Waals surface area contributed by atoms with Crippen LogP contribution in [0.5, 0.6) is 0 Å². The SMILES string of the molecule is CCC(=O)Nc1cccc(NC(=S)NC(=O)Cc2ccccc2C)c1C. The molecule has 3 N–H and O–H groups in total. The maximum atomic E-state index is 12.2. The monoisotopic (exact) mass is 369 g/mol. The van der Waals surface area contributed by atoms with E-state index in [0.717, 1.165) is 28.1 Å². The lowest BCUT2D eigenvalue weighted by Crippen LogP contribution is -2.35. The fraction of sp³-hybridized carbons (Fsp3) is 0.250. The summed E-state index contributed by atoms with van der Waals surface area (Å²) in [5.74, 6) is -0.232. The molecule has 0 atom stereocenters. The molecule has 6 heteroatoms. The Morgan fingerprint density at radius 2 is 1.58 bits per heavy atom. The summed E-state index contributed by atoms with van der Waals surface area (Å²) in [5, 5.41) is 8.79. The van der Waals surface area contributed by atoms with Crippen LogP contribution in [0, 0.1) is 13.8 Å². The van der Waals surface area contributed by atoms with Crippen LogP contribution in [0.2, 0.25) is 0 Å². The molecule has 26 heavy (non-hydrogen) atoms. The molecule has 5 nitrogen and oxygen atoms in total. The molecule has 2 aromatic carbocycles. The lowest BCUT2D eigenvalue weighted by atomic mass is 10.1. The summed E-state index contributed by atoms with van der Waals surface area (Å²) in [5.41, 5.74) is 4.34. The molecule has 2 aromatic rings. The molecule has 0 bridgehead atoms. The number of amides is 2. The summed E-state index contributed by atoms with van der Waals surface area (Å²) in [4.78, 5) is 23.8. The Morgan fingerprint density at radius 3 is 2.23 bits per heavy atom. The quantitative estimate of drug-likeness (QED) is 0.703. The number of nitrogens with one attached hydrogen (secondary N) is 3. The van der Waals surface area contributed by atoms with Crippen molar-refractivity contribution in [1.29, 1.82) is 0 Å². The number of rotatable bonds is 5. The van der Waals surface area contributed by atoms with E-state index in [9.17, 15) is 9.59 Å². The number of carbonyl (C=O) groups is 2. The molecule has 0 saturated heterocycles. The van der Waals surface area contributed by atoms with Crippen molar-refractivity contribution in [2.24, 2.45) is 0 Å². The summed E-state index contributed by atoms with van der Waals surface area (Å²) < 4.78 is 0. The van der Waals surface area contributed by atoms with Gasteiger partial charge < -0.3 is 16.0 Å². The lowest BCUT2D eigenvalue weighted by Gasteiger charge is -2.15. The molecule has 0 aliphatic rings. The highest BCUT2D eigenvalue weighted by molar-refractivity contribution is 7.80. The van der Waals surface area contributed by atoms with Gasteiger partial charge in [0.1, 0.15) is 0 Å². The lowest BCUT2D eigenvalue weighted by molar-refractivity contribution is -0.119. The highest BCUT2D eigenvalue weighted by Gasteiger charge is 2.10. The van der Waals surface area contributed by atoms with Gasteiger partial charge in [-0.3, -0.25) is 9.59 Å². The number of thiocarbonyl (C=S) groups is 1. The van der Waals surface area contributed by atoms with Gasteiger partial charge in [0.2, 0.25) is 11.8 Å². The molecule has 0 fully saturated rings. The smallest absolute Gasteiger partial charge is 0.230 e. The zero-order valence-electron chi connectivity index (χ0n) is 15.2. The molecular formula is C20H23N3O2S. The van der Waals surface area contributed by atoms with Gasteiger partial charge in [0.05, 0.1) is 6.42 Å². The Labute approximate surface area is 159 Å². The van der Waals surface area contributed by atoms with Crippen LogP contribution in [0.25, 0.3) is 0 Å². The second-order valence-electron chi connectivity index (χ2n) is 5.99. The van der Waals surface area contributed by atoms with Crippen LogP contribution in [0.15, 0.2) is 42.5 Å². The molecule has 0 unspecified atom stereocenters. The van der Waals surface area contributed by atoms with E-state index in [4.69, 9.17) is 12.2 Å². The largest absolute Gasteiger partial charge is 0.332 e. The van der Waals surface area contributed by atoms with Gasteiger partial charge in [0, 0.05) is 17.8 Å². The van der Waals surface area contributed by atoms with E-state index >= 15 is 0 Å². The first kappa shape index (κ1) is 19.6. The standard InChI is InChI=1S/C20H23N3O2S/c1-4-18(24)21-16-10-7-11-17(14(16)3)22-20(26)23-19(25)12-15-9-6-5-8-13(15)2/h5-11H,4,12H2,1-3H3,(H,21,24)(H2,22,23,25,26). The number of anilines is 2. The average Bonchev–Trinajstić information content (AvgIpc) is 2.60. The minimum Gasteiger partial charge on any atom is -0.332 e. The Morgan fingerprint density at radius 1 is 0.923 bits per heavy atom. The van der Waals surface area contributed by atoms with Crippen LogP contribution in [0.4, 0.5) is 11.4 Å². The third kappa shape index (κ3) is 5.39. The van der Waals surface area contributed by atoms with Crippen molar-refractivity contribution in [3.05, 3.63) is 59.2 Å². The predicted molar refractivity (Wildman–Crippen MR) is 109 cm³/mol. The van der Waals surface area contributed by atoms with Crippen molar-refractivity contribution in [2.45, 2.75) is 33.6 Å². The Kier molecular flexibility index (Phi) is 6.86. The first-order chi connectivity index (χ1) is 12.4. The number of aryl methyl sites for hydroxylation is 1. The van der Waals surface area contributed by atoms with Crippen LogP contribution >= 0.6 is 12.2 Å². The second-order valence-corrected chi connectivity index (χ2v) is 6.39. The summed E-state index contributed by atoms with van der Waals surface area (Å²) in [6, 6.07) is 13.2. The van der Waals surface area contributed by atoms with Crippen molar-refractivity contribution in [2.75, 3.05) is 10.6 Å². The van der Waals surface area contributed by atoms with E-state index in [0.29, 0.717) is 6.42 Å². The van der Waals surface area contributed by atoms with Crippen molar-refractivity contribution < 1.29 is 9.59 Å². The van der Waals surface area contributed by atoms with E-state index in [2.05, 4.69) is 16.0 Å². The second kappa shape index (κ2) is 9.10. The molecular weight excluding hydrogens is 346 g/mol. The molecule has 0 aliphatic carbocycles. The van der Waals surface area contributed by atoms with E-state index in [1.807, 2.05) is 56.3 Å². The van der Waals surface area contributed by atoms with Gasteiger partial charge in [0.15, 0.2) is 5.11 Å². The highest BCUT2D eigenvalue weighted by Crippen LogP contribution is 2.23. The molecule has 0 spiro atoms. The van der Waals surface area contributed by atoms with E-state index in [-0.39, 0.29) is 23.3 Å². The molecule has 0 radical (unpaired) electrons. The molecule has 0 aromatic heterocycles. The maximum Gasteiger partial charge on any atom is 0.230 e. The van der Waals surface area contributed by atoms with Gasteiger partial charge in [-0.1, -0.05) is 37.3 Å². The fourth-order valence-corrected chi connectivity index (χ4v) is 2.67. The Hall–Kier alpha value is -2.73. The minimum atomic E-state index is -0.176. The van der Waals surface area contributed by atoms with Crippen LogP contribution in [-0.2, 0) is 16.0 Å². The predicted octanol–water partition coefficient (Wildman–Crippen LogP) is 3.71. The molecule has 0 aliphatic heterocycles. The molecule has 2 amide bonds. The van der Waals surface area contributed by atoms with Crippen molar-refractivity contribution in [1.82, 2.24) is 5.32 Å². The van der Waals surface area contributed by atoms with Gasteiger partial charge in [0.25, 0.3) is 0 Å². The molecule has 2 rings (SSSR count). The summed E-state index contributed by atoms with van der Waals surface area (Å²) in [6.07, 6.45) is 0.671. The maximum absolute atomic E-state index is 12.2. The number of benzene rings is 2.